The smallest absolute Gasteiger partial charge is 0.323 e. The van der Waals surface area contributed by atoms with Gasteiger partial charge in [-0.2, -0.15) is 5.10 Å². The number of anilines is 1. The molecule has 0 saturated carbocycles. The lowest BCUT2D eigenvalue weighted by Crippen LogP contribution is -2.31. The van der Waals surface area contributed by atoms with Crippen molar-refractivity contribution in [1.82, 2.24) is 14.7 Å². The second-order valence-electron chi connectivity index (χ2n) is 5.85. The van der Waals surface area contributed by atoms with Gasteiger partial charge in [0.25, 0.3) is 0 Å². The van der Waals surface area contributed by atoms with Crippen molar-refractivity contribution in [2.45, 2.75) is 38.3 Å². The Balaban J connectivity index is 2.05. The number of carbonyl (C=O) groups is 1. The zero-order chi connectivity index (χ0) is 17.0. The normalized spacial score (nSPS) is 10.9. The number of amides is 2. The third kappa shape index (κ3) is 4.51. The topological polar surface area (TPSA) is 50.2 Å². The van der Waals surface area contributed by atoms with E-state index in [-0.39, 0.29) is 12.1 Å². The zero-order valence-electron chi connectivity index (χ0n) is 14.3. The molecule has 1 N–H and O–H groups in total. The van der Waals surface area contributed by atoms with Crippen molar-refractivity contribution in [3.05, 3.63) is 41.6 Å². The molecule has 0 bridgehead atoms. The summed E-state index contributed by atoms with van der Waals surface area (Å²) in [6, 6.07) is 10.2. The van der Waals surface area contributed by atoms with Crippen LogP contribution in [0.5, 0.6) is 0 Å². The minimum Gasteiger partial charge on any atom is -0.323 e. The van der Waals surface area contributed by atoms with Gasteiger partial charge in [-0.05, 0) is 44.7 Å². The Bertz CT molecular complexity index is 681. The Hall–Kier alpha value is -1.95. The molecule has 0 radical (unpaired) electrons. The summed E-state index contributed by atoms with van der Waals surface area (Å²) in [5, 5.41) is 7.35. The molecule has 0 unspecified atom stereocenters. The highest BCUT2D eigenvalue weighted by Gasteiger charge is 2.14. The van der Waals surface area contributed by atoms with Crippen molar-refractivity contribution >= 4 is 23.6 Å². The number of rotatable bonds is 5. The van der Waals surface area contributed by atoms with Crippen molar-refractivity contribution in [3.8, 4) is 0 Å². The van der Waals surface area contributed by atoms with E-state index in [4.69, 9.17) is 0 Å². The van der Waals surface area contributed by atoms with Crippen LogP contribution in [-0.2, 0) is 6.54 Å². The van der Waals surface area contributed by atoms with Gasteiger partial charge in [0, 0.05) is 30.6 Å². The van der Waals surface area contributed by atoms with Gasteiger partial charge in [0.05, 0.1) is 5.69 Å². The third-order valence-electron chi connectivity index (χ3n) is 3.48. The van der Waals surface area contributed by atoms with Crippen LogP contribution in [0.4, 0.5) is 10.6 Å². The van der Waals surface area contributed by atoms with Gasteiger partial charge < -0.3 is 4.90 Å². The number of hydrogen-bond acceptors (Lipinski definition) is 3. The van der Waals surface area contributed by atoms with Gasteiger partial charge in [-0.15, -0.1) is 11.8 Å². The lowest BCUT2D eigenvalue weighted by atomic mass is 10.2. The highest BCUT2D eigenvalue weighted by atomic mass is 32.2. The molecule has 5 nitrogen and oxygen atoms in total. The molecule has 0 aliphatic heterocycles. The van der Waals surface area contributed by atoms with E-state index in [0.717, 1.165) is 17.1 Å². The largest absolute Gasteiger partial charge is 0.323 e. The SMILES string of the molecule is CSc1cccc(CN(C)C(=O)Nc2cc(C)nn2C(C)C)c1. The van der Waals surface area contributed by atoms with Gasteiger partial charge in [0.1, 0.15) is 5.82 Å². The Labute approximate surface area is 142 Å². The average Bonchev–Trinajstić information content (AvgIpc) is 2.88. The molecule has 2 rings (SSSR count). The zero-order valence-corrected chi connectivity index (χ0v) is 15.1. The summed E-state index contributed by atoms with van der Waals surface area (Å²) >= 11 is 1.70. The maximum absolute atomic E-state index is 12.4. The highest BCUT2D eigenvalue weighted by molar-refractivity contribution is 7.98. The maximum Gasteiger partial charge on any atom is 0.323 e. The minimum atomic E-state index is -0.138. The summed E-state index contributed by atoms with van der Waals surface area (Å²) in [6.07, 6.45) is 2.05. The van der Waals surface area contributed by atoms with E-state index in [0.29, 0.717) is 6.54 Å². The van der Waals surface area contributed by atoms with E-state index in [9.17, 15) is 4.79 Å². The summed E-state index contributed by atoms with van der Waals surface area (Å²) in [4.78, 5) is 15.3. The number of carbonyl (C=O) groups excluding carboxylic acids is 1. The van der Waals surface area contributed by atoms with Crippen LogP contribution in [0.1, 0.15) is 31.1 Å². The Morgan fingerprint density at radius 2 is 2.13 bits per heavy atom. The number of aryl methyl sites for hydroxylation is 1. The van der Waals surface area contributed by atoms with Crippen LogP contribution in [-0.4, -0.2) is 34.0 Å². The van der Waals surface area contributed by atoms with Crippen LogP contribution in [0.3, 0.4) is 0 Å². The number of thioether (sulfide) groups is 1. The standard InChI is InChI=1S/C17H24N4OS/c1-12(2)21-16(9-13(3)19-21)18-17(22)20(4)11-14-7-6-8-15(10-14)23-5/h6-10,12H,11H2,1-5H3,(H,18,22). The predicted octanol–water partition coefficient (Wildman–Crippen LogP) is 4.16. The molecule has 0 fully saturated rings. The predicted molar refractivity (Wildman–Crippen MR) is 96.1 cm³/mol. The fraction of sp³-hybridized carbons (Fsp3) is 0.412. The fourth-order valence-electron chi connectivity index (χ4n) is 2.33. The molecule has 6 heteroatoms. The van der Waals surface area contributed by atoms with Crippen molar-refractivity contribution in [1.29, 1.82) is 0 Å². The number of urea groups is 1. The molecule has 1 aromatic carbocycles. The van der Waals surface area contributed by atoms with E-state index in [1.165, 1.54) is 4.90 Å². The number of hydrogen-bond donors (Lipinski definition) is 1. The number of benzene rings is 1. The van der Waals surface area contributed by atoms with E-state index < -0.39 is 0 Å². The molecule has 0 spiro atoms. The average molecular weight is 332 g/mol. The van der Waals surface area contributed by atoms with Gasteiger partial charge in [-0.3, -0.25) is 5.32 Å². The highest BCUT2D eigenvalue weighted by Crippen LogP contribution is 2.18. The van der Waals surface area contributed by atoms with Crippen LogP contribution in [0, 0.1) is 6.92 Å². The van der Waals surface area contributed by atoms with Crippen molar-refractivity contribution in [2.24, 2.45) is 0 Å². The first-order chi connectivity index (χ1) is 10.9. The van der Waals surface area contributed by atoms with Crippen LogP contribution in [0.25, 0.3) is 0 Å². The monoisotopic (exact) mass is 332 g/mol. The Morgan fingerprint density at radius 1 is 1.39 bits per heavy atom. The Kier molecular flexibility index (Phi) is 5.71. The quantitative estimate of drug-likeness (QED) is 0.837. The van der Waals surface area contributed by atoms with E-state index >= 15 is 0 Å². The second kappa shape index (κ2) is 7.55. The first-order valence-corrected chi connectivity index (χ1v) is 8.84. The number of nitrogens with zero attached hydrogens (tertiary/aromatic N) is 3. The molecule has 23 heavy (non-hydrogen) atoms. The number of aromatic nitrogens is 2. The van der Waals surface area contributed by atoms with Crippen LogP contribution in [0.2, 0.25) is 0 Å². The summed E-state index contributed by atoms with van der Waals surface area (Å²) in [5.41, 5.74) is 2.01. The lowest BCUT2D eigenvalue weighted by molar-refractivity contribution is 0.220. The van der Waals surface area contributed by atoms with Crippen LogP contribution < -0.4 is 5.32 Å². The van der Waals surface area contributed by atoms with Crippen molar-refractivity contribution in [3.63, 3.8) is 0 Å². The minimum absolute atomic E-state index is 0.138. The summed E-state index contributed by atoms with van der Waals surface area (Å²) in [5.74, 6) is 0.729. The molecule has 1 heterocycles. The van der Waals surface area contributed by atoms with Gasteiger partial charge in [0.2, 0.25) is 0 Å². The maximum atomic E-state index is 12.4. The molecule has 0 aliphatic carbocycles. The van der Waals surface area contributed by atoms with Crippen molar-refractivity contribution in [2.75, 3.05) is 18.6 Å². The molecule has 0 saturated heterocycles. The second-order valence-corrected chi connectivity index (χ2v) is 6.73. The van der Waals surface area contributed by atoms with Crippen LogP contribution in [0.15, 0.2) is 35.2 Å². The molecule has 2 aromatic rings. The van der Waals surface area contributed by atoms with Gasteiger partial charge in [-0.1, -0.05) is 12.1 Å². The molecular weight excluding hydrogens is 308 g/mol. The molecule has 2 amide bonds. The van der Waals surface area contributed by atoms with Gasteiger partial charge in [0.15, 0.2) is 0 Å². The third-order valence-corrected chi connectivity index (χ3v) is 4.21. The van der Waals surface area contributed by atoms with E-state index in [1.54, 1.807) is 23.7 Å². The molecule has 1 aromatic heterocycles. The summed E-state index contributed by atoms with van der Waals surface area (Å²) in [6.45, 7) is 6.57. The number of nitrogens with one attached hydrogen (secondary N) is 1. The van der Waals surface area contributed by atoms with Gasteiger partial charge >= 0.3 is 6.03 Å². The van der Waals surface area contributed by atoms with Crippen LogP contribution >= 0.6 is 11.8 Å². The van der Waals surface area contributed by atoms with E-state index in [2.05, 4.69) is 22.5 Å². The fourth-order valence-corrected chi connectivity index (χ4v) is 2.81. The van der Waals surface area contributed by atoms with Gasteiger partial charge in [-0.25, -0.2) is 9.48 Å². The first-order valence-electron chi connectivity index (χ1n) is 7.62. The molecular formula is C17H24N4OS. The summed E-state index contributed by atoms with van der Waals surface area (Å²) < 4.78 is 1.83. The molecule has 0 atom stereocenters. The first kappa shape index (κ1) is 17.4. The molecule has 0 aliphatic rings. The molecule has 124 valence electrons. The summed E-state index contributed by atoms with van der Waals surface area (Å²) in [7, 11) is 1.80. The van der Waals surface area contributed by atoms with E-state index in [1.807, 2.05) is 49.9 Å². The lowest BCUT2D eigenvalue weighted by Gasteiger charge is -2.19. The Morgan fingerprint density at radius 3 is 2.78 bits per heavy atom. The van der Waals surface area contributed by atoms with Crippen molar-refractivity contribution < 1.29 is 4.79 Å².